The van der Waals surface area contributed by atoms with Crippen molar-refractivity contribution in [3.63, 3.8) is 0 Å². The van der Waals surface area contributed by atoms with Gasteiger partial charge in [-0.2, -0.15) is 0 Å². The number of fused-ring (bicyclic) bond motifs is 1. The van der Waals surface area contributed by atoms with Crippen LogP contribution in [0.1, 0.15) is 22.8 Å². The van der Waals surface area contributed by atoms with Crippen LogP contribution in [0.4, 0.5) is 0 Å². The average molecular weight is 232 g/mol. The van der Waals surface area contributed by atoms with Gasteiger partial charge in [-0.25, -0.2) is 9.59 Å². The molecule has 0 fully saturated rings. The van der Waals surface area contributed by atoms with Crippen LogP contribution in [0.2, 0.25) is 0 Å². The lowest BCUT2D eigenvalue weighted by Gasteiger charge is -2.04. The zero-order chi connectivity index (χ0) is 12.4. The van der Waals surface area contributed by atoms with Gasteiger partial charge in [0.15, 0.2) is 0 Å². The van der Waals surface area contributed by atoms with Crippen LogP contribution in [0, 0.1) is 6.92 Å². The number of aryl methyl sites for hydroxylation is 1. The van der Waals surface area contributed by atoms with Gasteiger partial charge in [0.05, 0.1) is 12.2 Å². The van der Waals surface area contributed by atoms with Gasteiger partial charge in [-0.15, -0.1) is 0 Å². The van der Waals surface area contributed by atoms with E-state index in [2.05, 4.69) is 0 Å². The summed E-state index contributed by atoms with van der Waals surface area (Å²) >= 11 is 0. The lowest BCUT2D eigenvalue weighted by molar-refractivity contribution is 0.0526. The Labute approximate surface area is 97.8 Å². The minimum Gasteiger partial charge on any atom is -0.462 e. The van der Waals surface area contributed by atoms with Crippen LogP contribution in [0.25, 0.3) is 11.0 Å². The van der Waals surface area contributed by atoms with Crippen LogP contribution >= 0.6 is 0 Å². The molecule has 2 rings (SSSR count). The van der Waals surface area contributed by atoms with E-state index in [1.807, 2.05) is 6.92 Å². The molecule has 0 aliphatic carbocycles. The van der Waals surface area contributed by atoms with Crippen molar-refractivity contribution >= 4 is 16.9 Å². The fourth-order valence-electron chi connectivity index (χ4n) is 1.67. The summed E-state index contributed by atoms with van der Waals surface area (Å²) in [7, 11) is 0. The maximum absolute atomic E-state index is 11.5. The standard InChI is InChI=1S/C13H12O4/c1-3-16-13(15)9-4-5-10-8(2)6-12(14)17-11(10)7-9/h4-7H,3H2,1-2H3. The molecule has 0 N–H and O–H groups in total. The highest BCUT2D eigenvalue weighted by Crippen LogP contribution is 2.18. The molecule has 0 aliphatic rings. The molecule has 2 aromatic rings. The zero-order valence-corrected chi connectivity index (χ0v) is 9.65. The summed E-state index contributed by atoms with van der Waals surface area (Å²) in [5, 5.41) is 0.817. The molecule has 0 spiro atoms. The summed E-state index contributed by atoms with van der Waals surface area (Å²) in [6.45, 7) is 3.88. The Morgan fingerprint density at radius 2 is 2.12 bits per heavy atom. The summed E-state index contributed by atoms with van der Waals surface area (Å²) in [4.78, 5) is 22.7. The summed E-state index contributed by atoms with van der Waals surface area (Å²) in [6, 6.07) is 6.36. The first-order chi connectivity index (χ1) is 8.11. The third-order valence-corrected chi connectivity index (χ3v) is 2.46. The van der Waals surface area contributed by atoms with Crippen molar-refractivity contribution in [1.82, 2.24) is 0 Å². The number of hydrogen-bond donors (Lipinski definition) is 0. The first-order valence-corrected chi connectivity index (χ1v) is 5.33. The first kappa shape index (κ1) is 11.4. The second-order valence-electron chi connectivity index (χ2n) is 3.68. The highest BCUT2D eigenvalue weighted by atomic mass is 16.5. The lowest BCUT2D eigenvalue weighted by Crippen LogP contribution is -2.05. The molecule has 0 amide bonds. The van der Waals surface area contributed by atoms with E-state index in [1.54, 1.807) is 19.1 Å². The molecule has 1 aromatic heterocycles. The number of carbonyl (C=O) groups excluding carboxylic acids is 1. The van der Waals surface area contributed by atoms with Crippen molar-refractivity contribution in [3.05, 3.63) is 45.8 Å². The van der Waals surface area contributed by atoms with Gasteiger partial charge in [0.25, 0.3) is 0 Å². The molecule has 1 aromatic carbocycles. The van der Waals surface area contributed by atoms with Crippen LogP contribution < -0.4 is 5.63 Å². The van der Waals surface area contributed by atoms with Crippen LogP contribution in [0.3, 0.4) is 0 Å². The number of esters is 1. The minimum absolute atomic E-state index is 0.314. The van der Waals surface area contributed by atoms with Gasteiger partial charge in [0.2, 0.25) is 0 Å². The molecule has 1 heterocycles. The molecule has 0 radical (unpaired) electrons. The molecule has 0 saturated carbocycles. The van der Waals surface area contributed by atoms with E-state index in [9.17, 15) is 9.59 Å². The molecule has 0 unspecified atom stereocenters. The molecule has 17 heavy (non-hydrogen) atoms. The lowest BCUT2D eigenvalue weighted by atomic mass is 10.1. The van der Waals surface area contributed by atoms with Crippen molar-refractivity contribution in [1.29, 1.82) is 0 Å². The SMILES string of the molecule is CCOC(=O)c1ccc2c(C)cc(=O)oc2c1. The van der Waals surface area contributed by atoms with E-state index in [-0.39, 0.29) is 0 Å². The molecule has 0 aliphatic heterocycles. The molecule has 0 saturated heterocycles. The van der Waals surface area contributed by atoms with E-state index >= 15 is 0 Å². The number of rotatable bonds is 2. The van der Waals surface area contributed by atoms with Gasteiger partial charge in [0.1, 0.15) is 5.58 Å². The molecule has 88 valence electrons. The van der Waals surface area contributed by atoms with Gasteiger partial charge in [-0.05, 0) is 31.5 Å². The summed E-state index contributed by atoms with van der Waals surface area (Å²) < 4.78 is 9.93. The molecule has 0 atom stereocenters. The van der Waals surface area contributed by atoms with Crippen LogP contribution in [-0.2, 0) is 4.74 Å². The maximum Gasteiger partial charge on any atom is 0.338 e. The number of carbonyl (C=O) groups is 1. The van der Waals surface area contributed by atoms with E-state index < -0.39 is 11.6 Å². The van der Waals surface area contributed by atoms with Gasteiger partial charge in [-0.3, -0.25) is 0 Å². The second-order valence-corrected chi connectivity index (χ2v) is 3.68. The van der Waals surface area contributed by atoms with Crippen molar-refractivity contribution in [2.75, 3.05) is 6.61 Å². The van der Waals surface area contributed by atoms with Crippen LogP contribution in [0.15, 0.2) is 33.5 Å². The van der Waals surface area contributed by atoms with E-state index in [0.717, 1.165) is 10.9 Å². The van der Waals surface area contributed by atoms with Crippen molar-refractivity contribution in [2.24, 2.45) is 0 Å². The molecule has 4 nitrogen and oxygen atoms in total. The minimum atomic E-state index is -0.420. The summed E-state index contributed by atoms with van der Waals surface area (Å²) in [6.07, 6.45) is 0. The molecule has 0 bridgehead atoms. The van der Waals surface area contributed by atoms with Crippen LogP contribution in [-0.4, -0.2) is 12.6 Å². The fourth-order valence-corrected chi connectivity index (χ4v) is 1.67. The molecular weight excluding hydrogens is 220 g/mol. The van der Waals surface area contributed by atoms with Gasteiger partial charge in [0, 0.05) is 11.5 Å². The van der Waals surface area contributed by atoms with Crippen molar-refractivity contribution in [3.8, 4) is 0 Å². The third-order valence-electron chi connectivity index (χ3n) is 2.46. The van der Waals surface area contributed by atoms with Crippen LogP contribution in [0.5, 0.6) is 0 Å². The highest BCUT2D eigenvalue weighted by Gasteiger charge is 2.09. The molecule has 4 heteroatoms. The van der Waals surface area contributed by atoms with Gasteiger partial charge >= 0.3 is 11.6 Å². The Bertz CT molecular complexity index is 625. The van der Waals surface area contributed by atoms with Crippen molar-refractivity contribution in [2.45, 2.75) is 13.8 Å². The predicted octanol–water partition coefficient (Wildman–Crippen LogP) is 2.28. The van der Waals surface area contributed by atoms with Gasteiger partial charge < -0.3 is 9.15 Å². The Kier molecular flexibility index (Phi) is 2.95. The van der Waals surface area contributed by atoms with E-state index in [1.165, 1.54) is 12.1 Å². The third kappa shape index (κ3) is 2.20. The quantitative estimate of drug-likeness (QED) is 0.588. The topological polar surface area (TPSA) is 56.5 Å². The fraction of sp³-hybridized carbons (Fsp3) is 0.231. The second kappa shape index (κ2) is 4.41. The average Bonchev–Trinajstić information content (AvgIpc) is 2.28. The Morgan fingerprint density at radius 3 is 2.82 bits per heavy atom. The normalized spacial score (nSPS) is 10.5. The number of benzene rings is 1. The maximum atomic E-state index is 11.5. The van der Waals surface area contributed by atoms with E-state index in [4.69, 9.17) is 9.15 Å². The number of ether oxygens (including phenoxy) is 1. The van der Waals surface area contributed by atoms with Gasteiger partial charge in [-0.1, -0.05) is 6.07 Å². The first-order valence-electron chi connectivity index (χ1n) is 5.33. The number of hydrogen-bond acceptors (Lipinski definition) is 4. The monoisotopic (exact) mass is 232 g/mol. The summed E-state index contributed by atoms with van der Waals surface area (Å²) in [5.74, 6) is -0.418. The molecular formula is C13H12O4. The summed E-state index contributed by atoms with van der Waals surface area (Å²) in [5.41, 5.74) is 1.19. The van der Waals surface area contributed by atoms with E-state index in [0.29, 0.717) is 17.8 Å². The Hall–Kier alpha value is -2.10. The zero-order valence-electron chi connectivity index (χ0n) is 9.65. The Morgan fingerprint density at radius 1 is 1.35 bits per heavy atom. The largest absolute Gasteiger partial charge is 0.462 e. The predicted molar refractivity (Wildman–Crippen MR) is 63.2 cm³/mol. The smallest absolute Gasteiger partial charge is 0.338 e. The van der Waals surface area contributed by atoms with Crippen molar-refractivity contribution < 1.29 is 13.9 Å². The highest BCUT2D eigenvalue weighted by molar-refractivity contribution is 5.94. The Balaban J connectivity index is 2.57.